The normalized spacial score (nSPS) is 13.1. The van der Waals surface area contributed by atoms with E-state index in [1.54, 1.807) is 26.0 Å². The first-order valence-electron chi connectivity index (χ1n) is 5.34. The molecule has 0 spiro atoms. The largest absolute Gasteiger partial charge is 0.483 e. The molecule has 0 aliphatic carbocycles. The van der Waals surface area contributed by atoms with E-state index in [9.17, 15) is 13.2 Å². The van der Waals surface area contributed by atoms with Gasteiger partial charge in [-0.15, -0.1) is 0 Å². The van der Waals surface area contributed by atoms with Crippen LogP contribution in [0.3, 0.4) is 0 Å². The summed E-state index contributed by atoms with van der Waals surface area (Å²) in [5.41, 5.74) is 0. The summed E-state index contributed by atoms with van der Waals surface area (Å²) in [6.45, 7) is 3.45. The van der Waals surface area contributed by atoms with Gasteiger partial charge >= 0.3 is 0 Å². The maximum absolute atomic E-state index is 11.3. The molecule has 0 saturated heterocycles. The van der Waals surface area contributed by atoms with Crippen LogP contribution in [0.25, 0.3) is 0 Å². The monoisotopic (exact) mass is 256 g/mol. The van der Waals surface area contributed by atoms with Gasteiger partial charge in [-0.25, -0.2) is 8.42 Å². The number of rotatable bonds is 5. The van der Waals surface area contributed by atoms with E-state index in [1.165, 1.54) is 12.1 Å². The highest BCUT2D eigenvalue weighted by atomic mass is 32.2. The van der Waals surface area contributed by atoms with Crippen LogP contribution in [0.2, 0.25) is 0 Å². The van der Waals surface area contributed by atoms with E-state index < -0.39 is 15.9 Å². The zero-order valence-corrected chi connectivity index (χ0v) is 11.0. The minimum atomic E-state index is -3.19. The fraction of sp³-hybridized carbons (Fsp3) is 0.417. The first-order valence-corrected chi connectivity index (χ1v) is 7.23. The lowest BCUT2D eigenvalue weighted by Crippen LogP contribution is -2.22. The van der Waals surface area contributed by atoms with Crippen LogP contribution in [0.1, 0.15) is 20.3 Å². The standard InChI is InChI=1S/C12H16O4S/c1-4-12(13)9(2)16-10-5-7-11(8-6-10)17(3,14)15/h5-9H,4H2,1-3H3. The Kier molecular flexibility index (Phi) is 4.28. The van der Waals surface area contributed by atoms with Gasteiger partial charge in [0.2, 0.25) is 0 Å². The molecule has 5 heteroatoms. The molecule has 0 radical (unpaired) electrons. The number of ketones is 1. The highest BCUT2D eigenvalue weighted by Gasteiger charge is 2.13. The molecule has 1 atom stereocenters. The van der Waals surface area contributed by atoms with Gasteiger partial charge in [0.05, 0.1) is 4.90 Å². The molecule has 0 aliphatic heterocycles. The number of hydrogen-bond donors (Lipinski definition) is 0. The van der Waals surface area contributed by atoms with E-state index in [0.29, 0.717) is 12.2 Å². The summed E-state index contributed by atoms with van der Waals surface area (Å²) in [6.07, 6.45) is 1.05. The average Bonchev–Trinajstić information content (AvgIpc) is 2.27. The van der Waals surface area contributed by atoms with E-state index in [1.807, 2.05) is 0 Å². The lowest BCUT2D eigenvalue weighted by Gasteiger charge is -2.12. The Labute approximate surface area is 102 Å². The van der Waals surface area contributed by atoms with Crippen molar-refractivity contribution >= 4 is 15.6 Å². The van der Waals surface area contributed by atoms with E-state index in [-0.39, 0.29) is 10.7 Å². The Balaban J connectivity index is 2.79. The quantitative estimate of drug-likeness (QED) is 0.806. The van der Waals surface area contributed by atoms with Gasteiger partial charge in [-0.2, -0.15) is 0 Å². The SMILES string of the molecule is CCC(=O)C(C)Oc1ccc(S(C)(=O)=O)cc1. The summed E-state index contributed by atoms with van der Waals surface area (Å²) in [4.78, 5) is 11.6. The third-order valence-electron chi connectivity index (χ3n) is 2.37. The van der Waals surface area contributed by atoms with Gasteiger partial charge in [0.15, 0.2) is 21.7 Å². The molecule has 0 N–H and O–H groups in total. The second kappa shape index (κ2) is 5.31. The highest BCUT2D eigenvalue weighted by Crippen LogP contribution is 2.17. The molecular weight excluding hydrogens is 240 g/mol. The van der Waals surface area contributed by atoms with Gasteiger partial charge < -0.3 is 4.74 Å². The lowest BCUT2D eigenvalue weighted by atomic mass is 10.2. The van der Waals surface area contributed by atoms with Crippen molar-refractivity contribution in [2.24, 2.45) is 0 Å². The maximum Gasteiger partial charge on any atom is 0.175 e. The molecule has 94 valence electrons. The van der Waals surface area contributed by atoms with Crippen LogP contribution in [-0.2, 0) is 14.6 Å². The molecule has 1 rings (SSSR count). The molecule has 0 heterocycles. The summed E-state index contributed by atoms with van der Waals surface area (Å²) in [5.74, 6) is 0.504. The Morgan fingerprint density at radius 3 is 2.24 bits per heavy atom. The number of sulfone groups is 1. The Morgan fingerprint density at radius 1 is 1.29 bits per heavy atom. The van der Waals surface area contributed by atoms with Crippen molar-refractivity contribution in [3.63, 3.8) is 0 Å². The lowest BCUT2D eigenvalue weighted by molar-refractivity contribution is -0.124. The van der Waals surface area contributed by atoms with Gasteiger partial charge in [-0.1, -0.05) is 6.92 Å². The molecule has 1 unspecified atom stereocenters. The smallest absolute Gasteiger partial charge is 0.175 e. The Morgan fingerprint density at radius 2 is 1.82 bits per heavy atom. The Hall–Kier alpha value is -1.36. The van der Waals surface area contributed by atoms with Crippen molar-refractivity contribution in [3.8, 4) is 5.75 Å². The van der Waals surface area contributed by atoms with Crippen molar-refractivity contribution in [1.29, 1.82) is 0 Å². The van der Waals surface area contributed by atoms with Gasteiger partial charge in [0.25, 0.3) is 0 Å². The molecule has 0 aliphatic rings. The second-order valence-electron chi connectivity index (χ2n) is 3.82. The number of hydrogen-bond acceptors (Lipinski definition) is 4. The van der Waals surface area contributed by atoms with Crippen LogP contribution in [-0.4, -0.2) is 26.6 Å². The van der Waals surface area contributed by atoms with Crippen molar-refractivity contribution < 1.29 is 17.9 Å². The van der Waals surface area contributed by atoms with Gasteiger partial charge in [0, 0.05) is 12.7 Å². The van der Waals surface area contributed by atoms with Crippen LogP contribution in [0.4, 0.5) is 0 Å². The number of carbonyl (C=O) groups excluding carboxylic acids is 1. The number of carbonyl (C=O) groups is 1. The third-order valence-corrected chi connectivity index (χ3v) is 3.50. The van der Waals surface area contributed by atoms with Crippen LogP contribution in [0.15, 0.2) is 29.2 Å². The first-order chi connectivity index (χ1) is 7.84. The van der Waals surface area contributed by atoms with Crippen LogP contribution < -0.4 is 4.74 Å². The first kappa shape index (κ1) is 13.7. The average molecular weight is 256 g/mol. The predicted octanol–water partition coefficient (Wildman–Crippen LogP) is 1.84. The van der Waals surface area contributed by atoms with E-state index in [0.717, 1.165) is 6.26 Å². The van der Waals surface area contributed by atoms with Crippen molar-refractivity contribution in [1.82, 2.24) is 0 Å². The van der Waals surface area contributed by atoms with E-state index in [4.69, 9.17) is 4.74 Å². The highest BCUT2D eigenvalue weighted by molar-refractivity contribution is 7.90. The number of ether oxygens (including phenoxy) is 1. The van der Waals surface area contributed by atoms with Crippen molar-refractivity contribution in [3.05, 3.63) is 24.3 Å². The second-order valence-corrected chi connectivity index (χ2v) is 5.84. The maximum atomic E-state index is 11.3. The number of benzene rings is 1. The molecule has 0 bridgehead atoms. The fourth-order valence-electron chi connectivity index (χ4n) is 1.32. The number of Topliss-reactive ketones (excluding diaryl/α,β-unsaturated/α-hetero) is 1. The van der Waals surface area contributed by atoms with Crippen LogP contribution >= 0.6 is 0 Å². The molecule has 1 aromatic carbocycles. The molecule has 0 amide bonds. The van der Waals surface area contributed by atoms with Crippen LogP contribution in [0.5, 0.6) is 5.75 Å². The van der Waals surface area contributed by atoms with Crippen LogP contribution in [0, 0.1) is 0 Å². The third kappa shape index (κ3) is 3.85. The summed E-state index contributed by atoms with van der Waals surface area (Å²) >= 11 is 0. The molecule has 0 saturated carbocycles. The van der Waals surface area contributed by atoms with Crippen molar-refractivity contribution in [2.75, 3.05) is 6.26 Å². The van der Waals surface area contributed by atoms with Gasteiger partial charge in [-0.3, -0.25) is 4.79 Å². The topological polar surface area (TPSA) is 60.4 Å². The molecule has 4 nitrogen and oxygen atoms in total. The van der Waals surface area contributed by atoms with E-state index in [2.05, 4.69) is 0 Å². The molecule has 0 fully saturated rings. The summed E-state index contributed by atoms with van der Waals surface area (Å²) in [6, 6.07) is 6.03. The van der Waals surface area contributed by atoms with Crippen molar-refractivity contribution in [2.45, 2.75) is 31.3 Å². The molecular formula is C12H16O4S. The summed E-state index contributed by atoms with van der Waals surface area (Å²) in [7, 11) is -3.19. The Bertz CT molecular complexity index is 488. The van der Waals surface area contributed by atoms with Gasteiger partial charge in [0.1, 0.15) is 5.75 Å². The van der Waals surface area contributed by atoms with Gasteiger partial charge in [-0.05, 0) is 31.2 Å². The predicted molar refractivity (Wildman–Crippen MR) is 64.9 cm³/mol. The molecule has 0 aromatic heterocycles. The summed E-state index contributed by atoms with van der Waals surface area (Å²) < 4.78 is 27.8. The minimum absolute atomic E-state index is 0.0113. The van der Waals surface area contributed by atoms with E-state index >= 15 is 0 Å². The fourth-order valence-corrected chi connectivity index (χ4v) is 1.95. The molecule has 17 heavy (non-hydrogen) atoms. The molecule has 1 aromatic rings. The zero-order valence-electron chi connectivity index (χ0n) is 10.1. The zero-order chi connectivity index (χ0) is 13.1. The summed E-state index contributed by atoms with van der Waals surface area (Å²) in [5, 5.41) is 0. The minimum Gasteiger partial charge on any atom is -0.483 e.